The molecule has 2 rings (SSSR count). The normalized spacial score (nSPS) is 12.8. The second-order valence-corrected chi connectivity index (χ2v) is 5.93. The molecule has 0 amide bonds. The van der Waals surface area contributed by atoms with Crippen LogP contribution in [-0.2, 0) is 6.42 Å². The number of benzene rings is 1. The summed E-state index contributed by atoms with van der Waals surface area (Å²) in [7, 11) is 0. The first kappa shape index (κ1) is 15.0. The Morgan fingerprint density at radius 2 is 2.00 bits per heavy atom. The molecule has 1 aromatic carbocycles. The zero-order valence-corrected chi connectivity index (χ0v) is 12.3. The Morgan fingerprint density at radius 1 is 1.30 bits per heavy atom. The molecule has 0 bridgehead atoms. The molecule has 1 heterocycles. The molecule has 4 nitrogen and oxygen atoms in total. The van der Waals surface area contributed by atoms with E-state index in [1.807, 2.05) is 18.5 Å². The van der Waals surface area contributed by atoms with Gasteiger partial charge in [0.1, 0.15) is 18.0 Å². The Labute approximate surface area is 122 Å². The maximum Gasteiger partial charge on any atom is 0.138 e. The predicted octanol–water partition coefficient (Wildman–Crippen LogP) is 2.69. The van der Waals surface area contributed by atoms with Crippen LogP contribution in [0.4, 0.5) is 4.39 Å². The SMILES string of the molecule is CC(C)n1ncnc1CC(O)CSc1ccc(F)cc1. The van der Waals surface area contributed by atoms with Gasteiger partial charge in [0.05, 0.1) is 6.10 Å². The van der Waals surface area contributed by atoms with Gasteiger partial charge < -0.3 is 5.11 Å². The summed E-state index contributed by atoms with van der Waals surface area (Å²) < 4.78 is 14.6. The van der Waals surface area contributed by atoms with E-state index in [0.29, 0.717) is 12.2 Å². The lowest BCUT2D eigenvalue weighted by atomic mass is 10.2. The van der Waals surface area contributed by atoms with Crippen LogP contribution in [0.3, 0.4) is 0 Å². The van der Waals surface area contributed by atoms with Gasteiger partial charge in [-0.15, -0.1) is 11.8 Å². The van der Waals surface area contributed by atoms with Crippen LogP contribution in [0.1, 0.15) is 25.7 Å². The van der Waals surface area contributed by atoms with Crippen LogP contribution in [0.15, 0.2) is 35.5 Å². The smallest absolute Gasteiger partial charge is 0.138 e. The Kier molecular flexibility index (Phi) is 5.14. The highest BCUT2D eigenvalue weighted by Crippen LogP contribution is 2.20. The van der Waals surface area contributed by atoms with Gasteiger partial charge in [-0.3, -0.25) is 0 Å². The molecule has 0 aliphatic rings. The summed E-state index contributed by atoms with van der Waals surface area (Å²) >= 11 is 1.50. The van der Waals surface area contributed by atoms with Crippen molar-refractivity contribution in [2.75, 3.05) is 5.75 Å². The lowest BCUT2D eigenvalue weighted by molar-refractivity contribution is 0.195. The molecule has 0 radical (unpaired) electrons. The van der Waals surface area contributed by atoms with E-state index in [4.69, 9.17) is 0 Å². The lowest BCUT2D eigenvalue weighted by Gasteiger charge is -2.13. The quantitative estimate of drug-likeness (QED) is 0.833. The van der Waals surface area contributed by atoms with Crippen molar-refractivity contribution in [3.05, 3.63) is 42.2 Å². The van der Waals surface area contributed by atoms with E-state index >= 15 is 0 Å². The third-order valence-electron chi connectivity index (χ3n) is 2.81. The largest absolute Gasteiger partial charge is 0.392 e. The second kappa shape index (κ2) is 6.85. The highest BCUT2D eigenvalue weighted by Gasteiger charge is 2.13. The number of aliphatic hydroxyl groups excluding tert-OH is 1. The Morgan fingerprint density at radius 3 is 2.65 bits per heavy atom. The van der Waals surface area contributed by atoms with E-state index in [1.165, 1.54) is 30.2 Å². The molecular formula is C14H18FN3OS. The Hall–Kier alpha value is -1.40. The molecule has 108 valence electrons. The number of hydrogen-bond donors (Lipinski definition) is 1. The first-order chi connectivity index (χ1) is 9.56. The van der Waals surface area contributed by atoms with Gasteiger partial charge in [-0.05, 0) is 38.1 Å². The van der Waals surface area contributed by atoms with Gasteiger partial charge in [-0.2, -0.15) is 5.10 Å². The topological polar surface area (TPSA) is 50.9 Å². The van der Waals surface area contributed by atoms with E-state index in [2.05, 4.69) is 10.1 Å². The van der Waals surface area contributed by atoms with E-state index in [0.717, 1.165) is 10.7 Å². The van der Waals surface area contributed by atoms with Crippen LogP contribution in [0.5, 0.6) is 0 Å². The fourth-order valence-corrected chi connectivity index (χ4v) is 2.68. The number of thioether (sulfide) groups is 1. The minimum atomic E-state index is -0.508. The molecule has 20 heavy (non-hydrogen) atoms. The van der Waals surface area contributed by atoms with Crippen LogP contribution in [0, 0.1) is 5.82 Å². The summed E-state index contributed by atoms with van der Waals surface area (Å²) in [6, 6.07) is 6.49. The van der Waals surface area contributed by atoms with Crippen molar-refractivity contribution in [2.24, 2.45) is 0 Å². The van der Waals surface area contributed by atoms with Crippen molar-refractivity contribution >= 4 is 11.8 Å². The van der Waals surface area contributed by atoms with Gasteiger partial charge in [0.15, 0.2) is 0 Å². The zero-order valence-electron chi connectivity index (χ0n) is 11.5. The molecule has 0 saturated heterocycles. The van der Waals surface area contributed by atoms with Crippen molar-refractivity contribution < 1.29 is 9.50 Å². The second-order valence-electron chi connectivity index (χ2n) is 4.84. The van der Waals surface area contributed by atoms with Crippen LogP contribution in [0.2, 0.25) is 0 Å². The fraction of sp³-hybridized carbons (Fsp3) is 0.429. The van der Waals surface area contributed by atoms with Gasteiger partial charge in [0.2, 0.25) is 0 Å². The summed E-state index contributed by atoms with van der Waals surface area (Å²) in [4.78, 5) is 5.12. The molecular weight excluding hydrogens is 277 g/mol. The maximum absolute atomic E-state index is 12.8. The molecule has 0 saturated carbocycles. The summed E-state index contributed by atoms with van der Waals surface area (Å²) in [5.41, 5.74) is 0. The van der Waals surface area contributed by atoms with Gasteiger partial charge >= 0.3 is 0 Å². The van der Waals surface area contributed by atoms with Gasteiger partial charge in [0.25, 0.3) is 0 Å². The van der Waals surface area contributed by atoms with Gasteiger partial charge in [-0.25, -0.2) is 14.1 Å². The Balaban J connectivity index is 1.87. The third-order valence-corrected chi connectivity index (χ3v) is 3.97. The third kappa shape index (κ3) is 4.05. The first-order valence-electron chi connectivity index (χ1n) is 6.51. The summed E-state index contributed by atoms with van der Waals surface area (Å²) in [5, 5.41) is 14.2. The Bertz CT molecular complexity index is 542. The number of aliphatic hydroxyl groups is 1. The summed E-state index contributed by atoms with van der Waals surface area (Å²) in [5.74, 6) is 1.07. The maximum atomic E-state index is 12.8. The van der Waals surface area contributed by atoms with E-state index in [9.17, 15) is 9.50 Å². The van der Waals surface area contributed by atoms with Crippen LogP contribution in [-0.4, -0.2) is 31.7 Å². The number of aromatic nitrogens is 3. The molecule has 1 atom stereocenters. The summed E-state index contributed by atoms with van der Waals surface area (Å²) in [6.45, 7) is 4.05. The van der Waals surface area contributed by atoms with Crippen molar-refractivity contribution in [2.45, 2.75) is 37.3 Å². The molecule has 1 N–H and O–H groups in total. The highest BCUT2D eigenvalue weighted by atomic mass is 32.2. The monoisotopic (exact) mass is 295 g/mol. The average molecular weight is 295 g/mol. The number of hydrogen-bond acceptors (Lipinski definition) is 4. The van der Waals surface area contributed by atoms with Crippen molar-refractivity contribution in [1.29, 1.82) is 0 Å². The van der Waals surface area contributed by atoms with E-state index in [1.54, 1.807) is 12.1 Å². The predicted molar refractivity (Wildman–Crippen MR) is 77.2 cm³/mol. The summed E-state index contributed by atoms with van der Waals surface area (Å²) in [6.07, 6.45) is 1.47. The van der Waals surface area contributed by atoms with Crippen molar-refractivity contribution in [1.82, 2.24) is 14.8 Å². The highest BCUT2D eigenvalue weighted by molar-refractivity contribution is 7.99. The molecule has 1 aromatic heterocycles. The van der Waals surface area contributed by atoms with Gasteiger partial charge in [-0.1, -0.05) is 0 Å². The lowest BCUT2D eigenvalue weighted by Crippen LogP contribution is -2.18. The standard InChI is InChI=1S/C14H18FN3OS/c1-10(2)18-14(16-9-17-18)7-12(19)8-20-13-5-3-11(15)4-6-13/h3-6,9-10,12,19H,7-8H2,1-2H3. The fourth-order valence-electron chi connectivity index (χ4n) is 1.84. The number of halogens is 1. The minimum Gasteiger partial charge on any atom is -0.392 e. The molecule has 0 spiro atoms. The molecule has 0 fully saturated rings. The zero-order chi connectivity index (χ0) is 14.5. The first-order valence-corrected chi connectivity index (χ1v) is 7.49. The number of rotatable bonds is 6. The van der Waals surface area contributed by atoms with E-state index in [-0.39, 0.29) is 11.9 Å². The van der Waals surface area contributed by atoms with Crippen LogP contribution >= 0.6 is 11.8 Å². The van der Waals surface area contributed by atoms with E-state index < -0.39 is 6.10 Å². The molecule has 2 aromatic rings. The van der Waals surface area contributed by atoms with Crippen LogP contribution < -0.4 is 0 Å². The van der Waals surface area contributed by atoms with Gasteiger partial charge in [0, 0.05) is 23.1 Å². The minimum absolute atomic E-state index is 0.226. The molecule has 1 unspecified atom stereocenters. The molecule has 0 aliphatic heterocycles. The van der Waals surface area contributed by atoms with Crippen molar-refractivity contribution in [3.8, 4) is 0 Å². The van der Waals surface area contributed by atoms with Crippen molar-refractivity contribution in [3.63, 3.8) is 0 Å². The number of nitrogens with zero attached hydrogens (tertiary/aromatic N) is 3. The average Bonchev–Trinajstić information content (AvgIpc) is 2.86. The molecule has 0 aliphatic carbocycles. The van der Waals surface area contributed by atoms with Crippen LogP contribution in [0.25, 0.3) is 0 Å². The molecule has 6 heteroatoms.